The van der Waals surface area contributed by atoms with Crippen molar-refractivity contribution < 1.29 is 39.9 Å². The van der Waals surface area contributed by atoms with E-state index in [1.165, 1.54) is 11.8 Å². The Bertz CT molecular complexity index is 1200. The number of ether oxygens (including phenoxy) is 1. The molecule has 1 aliphatic heterocycles. The number of benzene rings is 1. The molecule has 0 aliphatic carbocycles. The van der Waals surface area contributed by atoms with Gasteiger partial charge in [0.2, 0.25) is 0 Å². The molecule has 0 unspecified atom stereocenters. The van der Waals surface area contributed by atoms with Crippen LogP contribution in [0, 0.1) is 6.92 Å². The smallest absolute Gasteiger partial charge is 0.425 e. The van der Waals surface area contributed by atoms with Crippen molar-refractivity contribution in [2.45, 2.75) is 43.9 Å². The quantitative estimate of drug-likeness (QED) is 0.509. The van der Waals surface area contributed by atoms with Gasteiger partial charge >= 0.3 is 6.18 Å². The highest BCUT2D eigenvalue weighted by molar-refractivity contribution is 7.90. The molecule has 1 aromatic heterocycles. The summed E-state index contributed by atoms with van der Waals surface area (Å²) in [6, 6.07) is 3.11. The molecular weight excluding hydrogens is 517 g/mol. The van der Waals surface area contributed by atoms with Gasteiger partial charge in [-0.15, -0.1) is 0 Å². The zero-order chi connectivity index (χ0) is 26.3. The monoisotopic (exact) mass is 541 g/mol. The van der Waals surface area contributed by atoms with E-state index in [1.54, 1.807) is 4.90 Å². The van der Waals surface area contributed by atoms with Gasteiger partial charge in [-0.2, -0.15) is 13.2 Å². The average molecular weight is 542 g/mol. The van der Waals surface area contributed by atoms with Gasteiger partial charge < -0.3 is 14.5 Å². The summed E-state index contributed by atoms with van der Waals surface area (Å²) in [6.45, 7) is 3.78. The van der Waals surface area contributed by atoms with E-state index in [0.717, 1.165) is 49.6 Å². The van der Waals surface area contributed by atoms with Crippen LogP contribution in [0.25, 0.3) is 0 Å². The molecule has 7 nitrogen and oxygen atoms in total. The molecule has 0 spiro atoms. The van der Waals surface area contributed by atoms with Crippen LogP contribution in [0.5, 0.6) is 5.75 Å². The Morgan fingerprint density at radius 1 is 1.14 bits per heavy atom. The van der Waals surface area contributed by atoms with Gasteiger partial charge in [0.05, 0.1) is 21.0 Å². The number of alkyl halides is 5. The number of halogens is 5. The Balaban J connectivity index is 1.82. The summed E-state index contributed by atoms with van der Waals surface area (Å²) in [7, 11) is -3.75. The summed E-state index contributed by atoms with van der Waals surface area (Å²) in [5.74, 6) is -4.12. The lowest BCUT2D eigenvalue weighted by atomic mass is 10.1. The lowest BCUT2D eigenvalue weighted by Crippen LogP contribution is -2.49. The third-order valence-electron chi connectivity index (χ3n) is 5.40. The van der Waals surface area contributed by atoms with Crippen LogP contribution in [0.2, 0.25) is 0 Å². The van der Waals surface area contributed by atoms with E-state index in [2.05, 4.69) is 4.98 Å². The molecule has 1 aliphatic rings. The lowest BCUT2D eigenvalue weighted by Gasteiger charge is -2.35. The number of thiazole rings is 1. The molecule has 2 heterocycles. The van der Waals surface area contributed by atoms with E-state index in [-0.39, 0.29) is 53.0 Å². The first-order valence-corrected chi connectivity index (χ1v) is 13.2. The van der Waals surface area contributed by atoms with Crippen molar-refractivity contribution in [3.05, 3.63) is 34.3 Å². The molecular formula is C21H24F5N3O4S2. The van der Waals surface area contributed by atoms with E-state index in [4.69, 9.17) is 4.74 Å². The van der Waals surface area contributed by atoms with Gasteiger partial charge in [0, 0.05) is 39.4 Å². The fraction of sp³-hybridized carbons (Fsp3) is 0.524. The molecule has 0 bridgehead atoms. The van der Waals surface area contributed by atoms with Crippen LogP contribution in [-0.2, 0) is 15.8 Å². The zero-order valence-corrected chi connectivity index (χ0v) is 21.0. The molecule has 35 heavy (non-hydrogen) atoms. The number of rotatable bonds is 6. The second-order valence-electron chi connectivity index (χ2n) is 8.31. The van der Waals surface area contributed by atoms with Crippen molar-refractivity contribution in [1.29, 1.82) is 0 Å². The van der Waals surface area contributed by atoms with E-state index < -0.39 is 33.9 Å². The molecule has 0 N–H and O–H groups in total. The van der Waals surface area contributed by atoms with Gasteiger partial charge in [0.15, 0.2) is 21.1 Å². The molecule has 1 saturated heterocycles. The van der Waals surface area contributed by atoms with Gasteiger partial charge in [-0.3, -0.25) is 4.79 Å². The zero-order valence-electron chi connectivity index (χ0n) is 19.3. The van der Waals surface area contributed by atoms with Crippen molar-refractivity contribution >= 4 is 32.2 Å². The first-order chi connectivity index (χ1) is 16.0. The summed E-state index contributed by atoms with van der Waals surface area (Å²) in [4.78, 5) is 20.1. The summed E-state index contributed by atoms with van der Waals surface area (Å²) >= 11 is 0.863. The molecule has 0 radical (unpaired) electrons. The minimum absolute atomic E-state index is 0.118. The van der Waals surface area contributed by atoms with Crippen LogP contribution in [0.1, 0.15) is 34.8 Å². The molecule has 14 heteroatoms. The van der Waals surface area contributed by atoms with Gasteiger partial charge in [-0.25, -0.2) is 22.2 Å². The van der Waals surface area contributed by atoms with Crippen molar-refractivity contribution in [3.63, 3.8) is 0 Å². The summed E-state index contributed by atoms with van der Waals surface area (Å²) in [5, 5.41) is 0.383. The number of carbonyl (C=O) groups excluding carboxylic acids is 1. The van der Waals surface area contributed by atoms with Gasteiger partial charge in [-0.1, -0.05) is 11.3 Å². The molecule has 2 aromatic rings. The van der Waals surface area contributed by atoms with Gasteiger partial charge in [-0.05, 0) is 32.0 Å². The maximum atomic E-state index is 13.7. The van der Waals surface area contributed by atoms with Crippen LogP contribution in [0.4, 0.5) is 27.1 Å². The Hall–Kier alpha value is -2.48. The first-order valence-electron chi connectivity index (χ1n) is 10.5. The normalized spacial score (nSPS) is 16.4. The molecule has 1 amide bonds. The largest absolute Gasteiger partial charge is 0.480 e. The Morgan fingerprint density at radius 2 is 1.74 bits per heavy atom. The predicted octanol–water partition coefficient (Wildman–Crippen LogP) is 4.26. The van der Waals surface area contributed by atoms with Crippen LogP contribution in [-0.4, -0.2) is 68.9 Å². The number of aromatic nitrogens is 1. The fourth-order valence-corrected chi connectivity index (χ4v) is 5.16. The number of piperazine rings is 1. The SMILES string of the molecule is Cc1nc(N2CCN(C(=O)c3cc(S(C)(=O)=O)ccc3O[C@H](C)C(F)(F)F)CC2)sc1C(C)(F)F. The maximum absolute atomic E-state index is 13.7. The van der Waals surface area contributed by atoms with Gasteiger partial charge in [0.25, 0.3) is 11.8 Å². The highest BCUT2D eigenvalue weighted by Crippen LogP contribution is 2.38. The van der Waals surface area contributed by atoms with Crippen molar-refractivity contribution in [3.8, 4) is 5.75 Å². The van der Waals surface area contributed by atoms with E-state index >= 15 is 0 Å². The third kappa shape index (κ3) is 6.21. The number of hydrogen-bond donors (Lipinski definition) is 0. The highest BCUT2D eigenvalue weighted by atomic mass is 32.2. The number of anilines is 1. The topological polar surface area (TPSA) is 79.8 Å². The van der Waals surface area contributed by atoms with Crippen LogP contribution >= 0.6 is 11.3 Å². The Kier molecular flexibility index (Phi) is 7.38. The average Bonchev–Trinajstić information content (AvgIpc) is 3.14. The standard InChI is InChI=1S/C21H24F5N3O4S2/c1-12-17(20(3,22)23)34-19(27-12)29-9-7-28(8-10-29)18(30)15-11-14(35(4,31)32)5-6-16(15)33-13(2)21(24,25)26/h5-6,11,13H,7-10H2,1-4H3/t13-/m1/s1. The minimum Gasteiger partial charge on any atom is -0.480 e. The van der Waals surface area contributed by atoms with Crippen molar-refractivity contribution in [2.24, 2.45) is 0 Å². The highest BCUT2D eigenvalue weighted by Gasteiger charge is 2.39. The number of sulfone groups is 1. The van der Waals surface area contributed by atoms with E-state index in [9.17, 15) is 35.2 Å². The lowest BCUT2D eigenvalue weighted by molar-refractivity contribution is -0.189. The number of carbonyl (C=O) groups is 1. The first kappa shape index (κ1) is 27.1. The van der Waals surface area contributed by atoms with Crippen molar-refractivity contribution in [1.82, 2.24) is 9.88 Å². The number of aryl methyl sites for hydroxylation is 1. The second kappa shape index (κ2) is 9.52. The molecule has 3 rings (SSSR count). The van der Waals surface area contributed by atoms with Crippen LogP contribution in [0.3, 0.4) is 0 Å². The van der Waals surface area contributed by atoms with Gasteiger partial charge in [0.1, 0.15) is 5.75 Å². The maximum Gasteiger partial charge on any atom is 0.425 e. The number of hydrogen-bond acceptors (Lipinski definition) is 7. The minimum atomic E-state index is -4.69. The molecule has 1 aromatic carbocycles. The van der Waals surface area contributed by atoms with Crippen LogP contribution < -0.4 is 9.64 Å². The summed E-state index contributed by atoms with van der Waals surface area (Å²) in [6.07, 6.45) is -6.01. The number of nitrogens with zero attached hydrogens (tertiary/aromatic N) is 3. The fourth-order valence-electron chi connectivity index (χ4n) is 3.46. The molecule has 194 valence electrons. The van der Waals surface area contributed by atoms with Crippen LogP contribution in [0.15, 0.2) is 23.1 Å². The third-order valence-corrected chi connectivity index (χ3v) is 7.90. The summed E-state index contributed by atoms with van der Waals surface area (Å²) in [5.41, 5.74) is -0.0929. The molecule has 1 fully saturated rings. The molecule has 0 saturated carbocycles. The second-order valence-corrected chi connectivity index (χ2v) is 11.3. The Labute approximate surface area is 203 Å². The predicted molar refractivity (Wildman–Crippen MR) is 120 cm³/mol. The Morgan fingerprint density at radius 3 is 2.23 bits per heavy atom. The summed E-state index contributed by atoms with van der Waals surface area (Å²) < 4.78 is 95.5. The van der Waals surface area contributed by atoms with Crippen molar-refractivity contribution in [2.75, 3.05) is 37.3 Å². The van der Waals surface area contributed by atoms with E-state index in [0.29, 0.717) is 5.13 Å². The molecule has 1 atom stereocenters. The number of amides is 1. The van der Waals surface area contributed by atoms with E-state index in [1.807, 2.05) is 0 Å².